The van der Waals surface area contributed by atoms with Crippen LogP contribution in [0.25, 0.3) is 0 Å². The van der Waals surface area contributed by atoms with E-state index in [1.807, 2.05) is 0 Å². The van der Waals surface area contributed by atoms with Crippen LogP contribution in [0.4, 0.5) is 0 Å². The second-order valence-corrected chi connectivity index (χ2v) is 4.28. The van der Waals surface area contributed by atoms with E-state index in [4.69, 9.17) is 10.7 Å². The highest BCUT2D eigenvalue weighted by atomic mass is 15.1. The van der Waals surface area contributed by atoms with Crippen molar-refractivity contribution < 1.29 is 0 Å². The van der Waals surface area contributed by atoms with Crippen LogP contribution in [-0.4, -0.2) is 16.1 Å². The van der Waals surface area contributed by atoms with Gasteiger partial charge in [-0.25, -0.2) is 4.98 Å². The van der Waals surface area contributed by atoms with Crippen molar-refractivity contribution in [3.05, 3.63) is 17.2 Å². The second-order valence-electron chi connectivity index (χ2n) is 4.28. The lowest BCUT2D eigenvalue weighted by Crippen LogP contribution is -2.14. The maximum Gasteiger partial charge on any atom is 0.109 e. The Labute approximate surface area is 91.7 Å². The monoisotopic (exact) mass is 207 g/mol. The van der Waals surface area contributed by atoms with Crippen LogP contribution in [0.3, 0.4) is 0 Å². The van der Waals surface area contributed by atoms with Crippen LogP contribution in [0.15, 0.2) is 0 Å². The van der Waals surface area contributed by atoms with Gasteiger partial charge in [-0.15, -0.1) is 0 Å². The van der Waals surface area contributed by atoms with Crippen LogP contribution in [0.1, 0.15) is 43.4 Å². The molecule has 0 unspecified atom stereocenters. The SMILES string of the molecule is CCc1nc2n(c1CCCN)CCCC2. The molecule has 3 heteroatoms. The number of hydrogen-bond acceptors (Lipinski definition) is 2. The fraction of sp³-hybridized carbons (Fsp3) is 0.750. The Morgan fingerprint density at radius 1 is 1.40 bits per heavy atom. The predicted molar refractivity (Wildman–Crippen MR) is 61.9 cm³/mol. The lowest BCUT2D eigenvalue weighted by atomic mass is 10.1. The van der Waals surface area contributed by atoms with Crippen molar-refractivity contribution in [2.24, 2.45) is 5.73 Å². The molecule has 0 aliphatic carbocycles. The van der Waals surface area contributed by atoms with Gasteiger partial charge in [0.1, 0.15) is 5.82 Å². The minimum atomic E-state index is 0.781. The number of rotatable bonds is 4. The molecule has 3 nitrogen and oxygen atoms in total. The molecule has 0 spiro atoms. The summed E-state index contributed by atoms with van der Waals surface area (Å²) in [6.07, 6.45) is 7.01. The highest BCUT2D eigenvalue weighted by Crippen LogP contribution is 2.21. The van der Waals surface area contributed by atoms with Gasteiger partial charge in [0.15, 0.2) is 0 Å². The molecule has 1 aliphatic rings. The predicted octanol–water partition coefficient (Wildman–Crippen LogP) is 1.67. The largest absolute Gasteiger partial charge is 0.332 e. The quantitative estimate of drug-likeness (QED) is 0.816. The van der Waals surface area contributed by atoms with Gasteiger partial charge in [-0.05, 0) is 38.6 Å². The van der Waals surface area contributed by atoms with Gasteiger partial charge in [0.05, 0.1) is 5.69 Å². The Morgan fingerprint density at radius 2 is 2.27 bits per heavy atom. The fourth-order valence-electron chi connectivity index (χ4n) is 2.43. The Hall–Kier alpha value is -0.830. The van der Waals surface area contributed by atoms with Gasteiger partial charge in [0.25, 0.3) is 0 Å². The average molecular weight is 207 g/mol. The smallest absolute Gasteiger partial charge is 0.109 e. The van der Waals surface area contributed by atoms with Gasteiger partial charge in [-0.3, -0.25) is 0 Å². The molecule has 0 saturated carbocycles. The minimum Gasteiger partial charge on any atom is -0.332 e. The summed E-state index contributed by atoms with van der Waals surface area (Å²) in [7, 11) is 0. The van der Waals surface area contributed by atoms with E-state index in [2.05, 4.69) is 11.5 Å². The van der Waals surface area contributed by atoms with Crippen LogP contribution in [0.5, 0.6) is 0 Å². The van der Waals surface area contributed by atoms with Crippen molar-refractivity contribution in [1.82, 2.24) is 9.55 Å². The maximum absolute atomic E-state index is 5.58. The van der Waals surface area contributed by atoms with Crippen molar-refractivity contribution in [1.29, 1.82) is 0 Å². The summed E-state index contributed by atoms with van der Waals surface area (Å²) in [5.41, 5.74) is 8.35. The third kappa shape index (κ3) is 2.07. The molecule has 0 radical (unpaired) electrons. The lowest BCUT2D eigenvalue weighted by Gasteiger charge is -2.16. The van der Waals surface area contributed by atoms with Gasteiger partial charge in [-0.1, -0.05) is 6.92 Å². The maximum atomic E-state index is 5.58. The van der Waals surface area contributed by atoms with Gasteiger partial charge in [0, 0.05) is 18.7 Å². The second kappa shape index (κ2) is 4.79. The molecule has 2 rings (SSSR count). The Balaban J connectivity index is 2.27. The molecule has 0 bridgehead atoms. The first-order valence-corrected chi connectivity index (χ1v) is 6.14. The molecule has 0 aromatic carbocycles. The van der Waals surface area contributed by atoms with Crippen molar-refractivity contribution >= 4 is 0 Å². The zero-order valence-corrected chi connectivity index (χ0v) is 9.63. The number of aromatic nitrogens is 2. The first-order chi connectivity index (χ1) is 7.36. The van der Waals surface area contributed by atoms with E-state index in [1.165, 1.54) is 36.6 Å². The normalized spacial score (nSPS) is 15.3. The van der Waals surface area contributed by atoms with E-state index in [0.29, 0.717) is 0 Å². The highest BCUT2D eigenvalue weighted by molar-refractivity contribution is 5.19. The molecule has 0 fully saturated rings. The molecule has 15 heavy (non-hydrogen) atoms. The first-order valence-electron chi connectivity index (χ1n) is 6.14. The van der Waals surface area contributed by atoms with Gasteiger partial charge in [0.2, 0.25) is 0 Å². The molecular formula is C12H21N3. The number of hydrogen-bond donors (Lipinski definition) is 1. The Bertz CT molecular complexity index is 328. The number of aryl methyl sites for hydroxylation is 2. The number of imidazole rings is 1. The van der Waals surface area contributed by atoms with Crippen molar-refractivity contribution in [2.45, 2.75) is 52.0 Å². The topological polar surface area (TPSA) is 43.8 Å². The summed E-state index contributed by atoms with van der Waals surface area (Å²) in [5.74, 6) is 1.31. The molecule has 0 amide bonds. The molecule has 0 atom stereocenters. The summed E-state index contributed by atoms with van der Waals surface area (Å²) >= 11 is 0. The Morgan fingerprint density at radius 3 is 3.00 bits per heavy atom. The fourth-order valence-corrected chi connectivity index (χ4v) is 2.43. The van der Waals surface area contributed by atoms with E-state index in [1.54, 1.807) is 0 Å². The van der Waals surface area contributed by atoms with E-state index in [0.717, 1.165) is 32.2 Å². The van der Waals surface area contributed by atoms with E-state index >= 15 is 0 Å². The summed E-state index contributed by atoms with van der Waals surface area (Å²) in [6.45, 7) is 4.15. The minimum absolute atomic E-state index is 0.781. The molecule has 84 valence electrons. The van der Waals surface area contributed by atoms with Crippen molar-refractivity contribution in [3.8, 4) is 0 Å². The third-order valence-electron chi connectivity index (χ3n) is 3.22. The summed E-state index contributed by atoms with van der Waals surface area (Å²) in [6, 6.07) is 0. The number of fused-ring (bicyclic) bond motifs is 1. The Kier molecular flexibility index (Phi) is 3.41. The van der Waals surface area contributed by atoms with Crippen molar-refractivity contribution in [2.75, 3.05) is 6.54 Å². The molecular weight excluding hydrogens is 186 g/mol. The van der Waals surface area contributed by atoms with E-state index < -0.39 is 0 Å². The zero-order chi connectivity index (χ0) is 10.7. The summed E-state index contributed by atoms with van der Waals surface area (Å²) < 4.78 is 2.44. The summed E-state index contributed by atoms with van der Waals surface area (Å²) in [5, 5.41) is 0. The van der Waals surface area contributed by atoms with Gasteiger partial charge < -0.3 is 10.3 Å². The molecule has 1 aromatic heterocycles. The number of nitrogens with two attached hydrogens (primary N) is 1. The molecule has 1 aliphatic heterocycles. The molecule has 1 aromatic rings. The molecule has 0 saturated heterocycles. The lowest BCUT2D eigenvalue weighted by molar-refractivity contribution is 0.506. The summed E-state index contributed by atoms with van der Waals surface area (Å²) in [4.78, 5) is 4.74. The van der Waals surface area contributed by atoms with Crippen molar-refractivity contribution in [3.63, 3.8) is 0 Å². The number of nitrogens with zero attached hydrogens (tertiary/aromatic N) is 2. The first kappa shape index (κ1) is 10.7. The van der Waals surface area contributed by atoms with E-state index in [9.17, 15) is 0 Å². The molecule has 2 heterocycles. The third-order valence-corrected chi connectivity index (χ3v) is 3.22. The van der Waals surface area contributed by atoms with Crippen LogP contribution in [0.2, 0.25) is 0 Å². The van der Waals surface area contributed by atoms with Gasteiger partial charge >= 0.3 is 0 Å². The standard InChI is InChI=1S/C12H21N3/c1-2-10-11(6-5-8-13)15-9-4-3-7-12(15)14-10/h2-9,13H2,1H3. The zero-order valence-electron chi connectivity index (χ0n) is 9.63. The van der Waals surface area contributed by atoms with E-state index in [-0.39, 0.29) is 0 Å². The van der Waals surface area contributed by atoms with Crippen LogP contribution < -0.4 is 5.73 Å². The van der Waals surface area contributed by atoms with Crippen LogP contribution in [0, 0.1) is 0 Å². The highest BCUT2D eigenvalue weighted by Gasteiger charge is 2.17. The van der Waals surface area contributed by atoms with Crippen LogP contribution in [-0.2, 0) is 25.8 Å². The van der Waals surface area contributed by atoms with Gasteiger partial charge in [-0.2, -0.15) is 0 Å². The molecule has 2 N–H and O–H groups in total. The van der Waals surface area contributed by atoms with Crippen LogP contribution >= 0.6 is 0 Å². The average Bonchev–Trinajstić information content (AvgIpc) is 2.64.